The Balaban J connectivity index is 4.62. The third-order valence-corrected chi connectivity index (χ3v) is 2.83. The van der Waals surface area contributed by atoms with E-state index in [1.165, 1.54) is 0 Å². The molecule has 0 saturated carbocycles. The summed E-state index contributed by atoms with van der Waals surface area (Å²) in [6.45, 7) is 9.99. The quantitative estimate of drug-likeness (QED) is 0.531. The van der Waals surface area contributed by atoms with E-state index in [2.05, 4.69) is 22.1 Å². The van der Waals surface area contributed by atoms with Gasteiger partial charge in [0.2, 0.25) is 5.91 Å². The van der Waals surface area contributed by atoms with Crippen molar-refractivity contribution < 1.29 is 4.79 Å². The molecule has 0 aliphatic carbocycles. The summed E-state index contributed by atoms with van der Waals surface area (Å²) in [6, 6.07) is 0. The summed E-state index contributed by atoms with van der Waals surface area (Å²) in [6.07, 6.45) is 2.27. The Morgan fingerprint density at radius 1 is 1.39 bits per heavy atom. The van der Waals surface area contributed by atoms with Crippen molar-refractivity contribution in [2.45, 2.75) is 40.5 Å². The number of rotatable bonds is 7. The SMILES string of the molecule is CCCCN(C)C(=NCC(C)(C)C(N)=O)NCC. The molecule has 0 saturated heterocycles. The van der Waals surface area contributed by atoms with Crippen LogP contribution in [0.15, 0.2) is 4.99 Å². The van der Waals surface area contributed by atoms with Crippen molar-refractivity contribution in [3.05, 3.63) is 0 Å². The molecule has 0 spiro atoms. The second-order valence-corrected chi connectivity index (χ2v) is 5.19. The Labute approximate surface area is 111 Å². The lowest BCUT2D eigenvalue weighted by molar-refractivity contribution is -0.125. The Hall–Kier alpha value is -1.26. The Morgan fingerprint density at radius 3 is 2.44 bits per heavy atom. The molecule has 5 nitrogen and oxygen atoms in total. The molecule has 1 amide bonds. The average molecular weight is 256 g/mol. The molecule has 18 heavy (non-hydrogen) atoms. The molecule has 0 aromatic heterocycles. The van der Waals surface area contributed by atoms with Crippen molar-refractivity contribution in [3.63, 3.8) is 0 Å². The summed E-state index contributed by atoms with van der Waals surface area (Å²) in [5.41, 5.74) is 4.74. The summed E-state index contributed by atoms with van der Waals surface area (Å²) in [4.78, 5) is 17.8. The fourth-order valence-electron chi connectivity index (χ4n) is 1.32. The van der Waals surface area contributed by atoms with Crippen molar-refractivity contribution in [1.82, 2.24) is 10.2 Å². The van der Waals surface area contributed by atoms with Crippen LogP contribution in [0.4, 0.5) is 0 Å². The second-order valence-electron chi connectivity index (χ2n) is 5.19. The van der Waals surface area contributed by atoms with Gasteiger partial charge in [0.1, 0.15) is 0 Å². The number of carbonyl (C=O) groups is 1. The van der Waals surface area contributed by atoms with E-state index in [1.807, 2.05) is 27.8 Å². The van der Waals surface area contributed by atoms with E-state index in [0.717, 1.165) is 31.9 Å². The minimum atomic E-state index is -0.605. The maximum absolute atomic E-state index is 11.3. The van der Waals surface area contributed by atoms with E-state index in [-0.39, 0.29) is 5.91 Å². The van der Waals surface area contributed by atoms with E-state index in [9.17, 15) is 4.79 Å². The molecule has 0 heterocycles. The number of unbranched alkanes of at least 4 members (excludes halogenated alkanes) is 1. The highest BCUT2D eigenvalue weighted by atomic mass is 16.1. The molecule has 0 atom stereocenters. The fraction of sp³-hybridized carbons (Fsp3) is 0.846. The molecular weight excluding hydrogens is 228 g/mol. The van der Waals surface area contributed by atoms with Crippen molar-refractivity contribution in [3.8, 4) is 0 Å². The van der Waals surface area contributed by atoms with Gasteiger partial charge in [-0.15, -0.1) is 0 Å². The average Bonchev–Trinajstić information content (AvgIpc) is 2.31. The van der Waals surface area contributed by atoms with Crippen molar-refractivity contribution in [2.75, 3.05) is 26.7 Å². The van der Waals surface area contributed by atoms with Crippen molar-refractivity contribution in [2.24, 2.45) is 16.1 Å². The van der Waals surface area contributed by atoms with Gasteiger partial charge in [0.25, 0.3) is 0 Å². The highest BCUT2D eigenvalue weighted by Gasteiger charge is 2.24. The Morgan fingerprint density at radius 2 is 2.00 bits per heavy atom. The number of carbonyl (C=O) groups excluding carboxylic acids is 1. The number of nitrogens with two attached hydrogens (primary N) is 1. The molecule has 0 aliphatic rings. The molecule has 0 aromatic rings. The van der Waals surface area contributed by atoms with E-state index < -0.39 is 5.41 Å². The molecule has 106 valence electrons. The Kier molecular flexibility index (Phi) is 7.39. The zero-order valence-corrected chi connectivity index (χ0v) is 12.4. The van der Waals surface area contributed by atoms with Crippen LogP contribution in [-0.4, -0.2) is 43.4 Å². The third kappa shape index (κ3) is 5.89. The van der Waals surface area contributed by atoms with Crippen molar-refractivity contribution in [1.29, 1.82) is 0 Å². The van der Waals surface area contributed by atoms with Crippen LogP contribution >= 0.6 is 0 Å². The first kappa shape index (κ1) is 16.7. The summed E-state index contributed by atoms with van der Waals surface area (Å²) in [5.74, 6) is 0.513. The van der Waals surface area contributed by atoms with Gasteiger partial charge in [-0.2, -0.15) is 0 Å². The molecule has 3 N–H and O–H groups in total. The molecular formula is C13H28N4O. The number of hydrogen-bond acceptors (Lipinski definition) is 2. The van der Waals surface area contributed by atoms with Crippen molar-refractivity contribution >= 4 is 11.9 Å². The van der Waals surface area contributed by atoms with Gasteiger partial charge in [-0.25, -0.2) is 0 Å². The summed E-state index contributed by atoms with van der Waals surface area (Å²) in [7, 11) is 2.01. The van der Waals surface area contributed by atoms with E-state index in [0.29, 0.717) is 6.54 Å². The normalized spacial score (nSPS) is 12.4. The van der Waals surface area contributed by atoms with Crippen LogP contribution in [0.1, 0.15) is 40.5 Å². The van der Waals surface area contributed by atoms with E-state index in [1.54, 1.807) is 0 Å². The number of nitrogens with zero attached hydrogens (tertiary/aromatic N) is 2. The van der Waals surface area contributed by atoms with Crippen LogP contribution in [0.25, 0.3) is 0 Å². The van der Waals surface area contributed by atoms with Gasteiger partial charge in [-0.3, -0.25) is 9.79 Å². The van der Waals surface area contributed by atoms with Gasteiger partial charge in [-0.1, -0.05) is 13.3 Å². The van der Waals surface area contributed by atoms with E-state index in [4.69, 9.17) is 5.73 Å². The molecule has 0 rings (SSSR count). The van der Waals surface area contributed by atoms with Crippen LogP contribution in [0, 0.1) is 5.41 Å². The lowest BCUT2D eigenvalue weighted by Gasteiger charge is -2.24. The molecule has 5 heteroatoms. The standard InChI is InChI=1S/C13H28N4O/c1-6-8-9-17(5)12(15-7-2)16-10-13(3,4)11(14)18/h6-10H2,1-5H3,(H2,14,18)(H,15,16). The van der Waals surface area contributed by atoms with E-state index >= 15 is 0 Å². The summed E-state index contributed by atoms with van der Waals surface area (Å²) >= 11 is 0. The predicted molar refractivity (Wildman–Crippen MR) is 76.5 cm³/mol. The maximum atomic E-state index is 11.3. The number of nitrogens with one attached hydrogen (secondary N) is 1. The largest absolute Gasteiger partial charge is 0.369 e. The van der Waals surface area contributed by atoms with Gasteiger partial charge < -0.3 is 16.0 Å². The molecule has 0 bridgehead atoms. The lowest BCUT2D eigenvalue weighted by atomic mass is 9.93. The van der Waals surface area contributed by atoms with Gasteiger partial charge in [0, 0.05) is 20.1 Å². The number of aliphatic imine (C=N–C) groups is 1. The first-order chi connectivity index (χ1) is 8.35. The summed E-state index contributed by atoms with van der Waals surface area (Å²) < 4.78 is 0. The van der Waals surface area contributed by atoms with Gasteiger partial charge in [-0.05, 0) is 27.2 Å². The number of hydrogen-bond donors (Lipinski definition) is 2. The smallest absolute Gasteiger partial charge is 0.224 e. The fourth-order valence-corrected chi connectivity index (χ4v) is 1.32. The van der Waals surface area contributed by atoms with Crippen LogP contribution in [0.5, 0.6) is 0 Å². The second kappa shape index (κ2) is 7.95. The molecule has 0 radical (unpaired) electrons. The Bertz CT molecular complexity index is 287. The lowest BCUT2D eigenvalue weighted by Crippen LogP contribution is -2.41. The molecule has 0 aliphatic heterocycles. The van der Waals surface area contributed by atoms with Gasteiger partial charge in [0.05, 0.1) is 12.0 Å². The third-order valence-electron chi connectivity index (χ3n) is 2.83. The predicted octanol–water partition coefficient (Wildman–Crippen LogP) is 1.20. The first-order valence-corrected chi connectivity index (χ1v) is 6.64. The number of amides is 1. The minimum absolute atomic E-state index is 0.321. The molecule has 0 unspecified atom stereocenters. The highest BCUT2D eigenvalue weighted by molar-refractivity contribution is 5.82. The maximum Gasteiger partial charge on any atom is 0.224 e. The van der Waals surface area contributed by atoms with Crippen LogP contribution in [0.2, 0.25) is 0 Å². The zero-order chi connectivity index (χ0) is 14.2. The van der Waals surface area contributed by atoms with Crippen LogP contribution < -0.4 is 11.1 Å². The molecule has 0 fully saturated rings. The highest BCUT2D eigenvalue weighted by Crippen LogP contribution is 2.14. The van der Waals surface area contributed by atoms with Gasteiger partial charge in [0.15, 0.2) is 5.96 Å². The monoisotopic (exact) mass is 256 g/mol. The van der Waals surface area contributed by atoms with Crippen LogP contribution in [-0.2, 0) is 4.79 Å². The first-order valence-electron chi connectivity index (χ1n) is 6.64. The minimum Gasteiger partial charge on any atom is -0.369 e. The number of guanidine groups is 1. The topological polar surface area (TPSA) is 70.7 Å². The van der Waals surface area contributed by atoms with Crippen LogP contribution in [0.3, 0.4) is 0 Å². The zero-order valence-electron chi connectivity index (χ0n) is 12.4. The van der Waals surface area contributed by atoms with Gasteiger partial charge >= 0.3 is 0 Å². The number of primary amides is 1. The summed E-state index contributed by atoms with van der Waals surface area (Å²) in [5, 5.41) is 3.23. The molecule has 0 aromatic carbocycles.